The molecular formula is C11H23FO. The molecule has 0 aliphatic carbocycles. The second kappa shape index (κ2) is 9.97. The van der Waals surface area contributed by atoms with Crippen LogP contribution in [0.1, 0.15) is 58.3 Å². The molecule has 0 saturated heterocycles. The number of rotatable bonds is 9. The summed E-state index contributed by atoms with van der Waals surface area (Å²) >= 11 is 0. The standard InChI is InChI=1S/C11H23FO/c1-11(13)9-7-5-3-2-4-6-8-10-12/h11,13H,2-10H2,1H3. The minimum absolute atomic E-state index is 0.147. The zero-order valence-corrected chi connectivity index (χ0v) is 8.77. The second-order valence-electron chi connectivity index (χ2n) is 3.80. The number of hydrogen-bond donors (Lipinski definition) is 1. The highest BCUT2D eigenvalue weighted by molar-refractivity contribution is 4.49. The fourth-order valence-corrected chi connectivity index (χ4v) is 1.42. The number of alkyl halides is 1. The first-order chi connectivity index (χ1) is 6.27. The van der Waals surface area contributed by atoms with Crippen molar-refractivity contribution in [2.75, 3.05) is 6.67 Å². The minimum Gasteiger partial charge on any atom is -0.393 e. The number of unbranched alkanes of at least 4 members (excludes halogenated alkanes) is 6. The molecule has 1 unspecified atom stereocenters. The first kappa shape index (κ1) is 12.9. The van der Waals surface area contributed by atoms with Crippen LogP contribution in [-0.2, 0) is 0 Å². The Morgan fingerprint density at radius 1 is 0.923 bits per heavy atom. The third-order valence-electron chi connectivity index (χ3n) is 2.26. The third-order valence-corrected chi connectivity index (χ3v) is 2.26. The molecule has 0 fully saturated rings. The van der Waals surface area contributed by atoms with Crippen molar-refractivity contribution in [3.63, 3.8) is 0 Å². The molecule has 0 amide bonds. The maximum atomic E-state index is 11.7. The molecule has 0 aromatic rings. The Balaban J connectivity index is 2.84. The molecule has 0 bridgehead atoms. The molecule has 0 heterocycles. The lowest BCUT2D eigenvalue weighted by atomic mass is 10.1. The van der Waals surface area contributed by atoms with Crippen molar-refractivity contribution in [2.45, 2.75) is 64.4 Å². The summed E-state index contributed by atoms with van der Waals surface area (Å²) in [6.45, 7) is 1.67. The van der Waals surface area contributed by atoms with Gasteiger partial charge in [-0.05, 0) is 19.8 Å². The molecule has 0 saturated carbocycles. The van der Waals surface area contributed by atoms with Gasteiger partial charge in [-0.2, -0.15) is 0 Å². The van der Waals surface area contributed by atoms with Crippen molar-refractivity contribution in [3.05, 3.63) is 0 Å². The lowest BCUT2D eigenvalue weighted by Crippen LogP contribution is -1.98. The minimum atomic E-state index is -0.165. The van der Waals surface area contributed by atoms with Gasteiger partial charge in [0, 0.05) is 0 Å². The average molecular weight is 190 g/mol. The van der Waals surface area contributed by atoms with Crippen LogP contribution in [0, 0.1) is 0 Å². The van der Waals surface area contributed by atoms with Crippen molar-refractivity contribution in [3.8, 4) is 0 Å². The Labute approximate surface area is 81.3 Å². The molecule has 0 radical (unpaired) electrons. The van der Waals surface area contributed by atoms with E-state index in [1.54, 1.807) is 0 Å². The SMILES string of the molecule is CC(O)CCCCCCCCCF. The van der Waals surface area contributed by atoms with Crippen molar-refractivity contribution < 1.29 is 9.50 Å². The van der Waals surface area contributed by atoms with Crippen LogP contribution in [-0.4, -0.2) is 17.9 Å². The highest BCUT2D eigenvalue weighted by Gasteiger charge is 1.95. The van der Waals surface area contributed by atoms with Crippen LogP contribution < -0.4 is 0 Å². The predicted octanol–water partition coefficient (Wildman–Crippen LogP) is 3.46. The average Bonchev–Trinajstić information content (AvgIpc) is 2.09. The normalized spacial score (nSPS) is 13.2. The van der Waals surface area contributed by atoms with Gasteiger partial charge in [0.05, 0.1) is 12.8 Å². The van der Waals surface area contributed by atoms with Crippen LogP contribution in [0.2, 0.25) is 0 Å². The second-order valence-corrected chi connectivity index (χ2v) is 3.80. The Bertz CT molecular complexity index is 94.1. The van der Waals surface area contributed by atoms with Gasteiger partial charge in [-0.1, -0.05) is 38.5 Å². The Hall–Kier alpha value is -0.110. The molecule has 2 heteroatoms. The van der Waals surface area contributed by atoms with E-state index in [-0.39, 0.29) is 12.8 Å². The largest absolute Gasteiger partial charge is 0.393 e. The summed E-state index contributed by atoms with van der Waals surface area (Å²) in [7, 11) is 0. The van der Waals surface area contributed by atoms with Gasteiger partial charge in [-0.15, -0.1) is 0 Å². The van der Waals surface area contributed by atoms with Gasteiger partial charge in [0.2, 0.25) is 0 Å². The molecule has 0 aromatic heterocycles. The van der Waals surface area contributed by atoms with Gasteiger partial charge >= 0.3 is 0 Å². The van der Waals surface area contributed by atoms with E-state index in [1.807, 2.05) is 6.92 Å². The van der Waals surface area contributed by atoms with Crippen LogP contribution >= 0.6 is 0 Å². The molecule has 0 aromatic carbocycles. The fraction of sp³-hybridized carbons (Fsp3) is 1.00. The molecule has 13 heavy (non-hydrogen) atoms. The van der Waals surface area contributed by atoms with Crippen LogP contribution in [0.15, 0.2) is 0 Å². The number of hydrogen-bond acceptors (Lipinski definition) is 1. The van der Waals surface area contributed by atoms with Crippen LogP contribution in [0.3, 0.4) is 0 Å². The van der Waals surface area contributed by atoms with E-state index < -0.39 is 0 Å². The van der Waals surface area contributed by atoms with Gasteiger partial charge in [-0.25, -0.2) is 0 Å². The topological polar surface area (TPSA) is 20.2 Å². The summed E-state index contributed by atoms with van der Waals surface area (Å²) < 4.78 is 11.7. The quantitative estimate of drug-likeness (QED) is 0.552. The summed E-state index contributed by atoms with van der Waals surface area (Å²) in [4.78, 5) is 0. The number of aliphatic hydroxyl groups excluding tert-OH is 1. The van der Waals surface area contributed by atoms with Gasteiger partial charge < -0.3 is 5.11 Å². The Morgan fingerprint density at radius 2 is 1.38 bits per heavy atom. The van der Waals surface area contributed by atoms with Crippen LogP contribution in [0.4, 0.5) is 4.39 Å². The fourth-order valence-electron chi connectivity index (χ4n) is 1.42. The Kier molecular flexibility index (Phi) is 9.89. The molecule has 80 valence electrons. The van der Waals surface area contributed by atoms with Crippen molar-refractivity contribution in [1.29, 1.82) is 0 Å². The smallest absolute Gasteiger partial charge is 0.0894 e. The molecule has 1 nitrogen and oxygen atoms in total. The number of aliphatic hydroxyl groups is 1. The van der Waals surface area contributed by atoms with Crippen molar-refractivity contribution in [1.82, 2.24) is 0 Å². The predicted molar refractivity (Wildman–Crippen MR) is 54.6 cm³/mol. The summed E-state index contributed by atoms with van der Waals surface area (Å²) in [5.74, 6) is 0. The third kappa shape index (κ3) is 11.9. The molecule has 0 spiro atoms. The zero-order valence-electron chi connectivity index (χ0n) is 8.77. The first-order valence-electron chi connectivity index (χ1n) is 5.51. The van der Waals surface area contributed by atoms with E-state index in [2.05, 4.69) is 0 Å². The van der Waals surface area contributed by atoms with Gasteiger partial charge in [0.1, 0.15) is 0 Å². The maximum absolute atomic E-state index is 11.7. The summed E-state index contributed by atoms with van der Waals surface area (Å²) in [6, 6.07) is 0. The van der Waals surface area contributed by atoms with E-state index in [0.717, 1.165) is 25.7 Å². The van der Waals surface area contributed by atoms with Crippen molar-refractivity contribution >= 4 is 0 Å². The highest BCUT2D eigenvalue weighted by Crippen LogP contribution is 2.09. The van der Waals surface area contributed by atoms with E-state index in [0.29, 0.717) is 0 Å². The monoisotopic (exact) mass is 190 g/mol. The lowest BCUT2D eigenvalue weighted by Gasteiger charge is -2.03. The van der Waals surface area contributed by atoms with Gasteiger partial charge in [0.25, 0.3) is 0 Å². The van der Waals surface area contributed by atoms with E-state index in [4.69, 9.17) is 5.11 Å². The van der Waals surface area contributed by atoms with E-state index >= 15 is 0 Å². The first-order valence-corrected chi connectivity index (χ1v) is 5.51. The molecule has 0 rings (SSSR count). The molecule has 1 N–H and O–H groups in total. The summed E-state index contributed by atoms with van der Waals surface area (Å²) in [5.41, 5.74) is 0. The van der Waals surface area contributed by atoms with E-state index in [1.165, 1.54) is 25.7 Å². The van der Waals surface area contributed by atoms with Crippen LogP contribution in [0.5, 0.6) is 0 Å². The van der Waals surface area contributed by atoms with Gasteiger partial charge in [-0.3, -0.25) is 4.39 Å². The van der Waals surface area contributed by atoms with E-state index in [9.17, 15) is 4.39 Å². The molecule has 0 aliphatic heterocycles. The summed E-state index contributed by atoms with van der Waals surface area (Å²) in [5, 5.41) is 8.98. The molecule has 1 atom stereocenters. The highest BCUT2D eigenvalue weighted by atomic mass is 19.1. The van der Waals surface area contributed by atoms with Crippen LogP contribution in [0.25, 0.3) is 0 Å². The van der Waals surface area contributed by atoms with Gasteiger partial charge in [0.15, 0.2) is 0 Å². The van der Waals surface area contributed by atoms with Crippen molar-refractivity contribution in [2.24, 2.45) is 0 Å². The number of halogens is 1. The summed E-state index contributed by atoms with van der Waals surface area (Å²) in [6.07, 6.45) is 8.50. The zero-order chi connectivity index (χ0) is 9.94. The maximum Gasteiger partial charge on any atom is 0.0894 e. The molecule has 0 aliphatic rings. The molecular weight excluding hydrogens is 167 g/mol. The lowest BCUT2D eigenvalue weighted by molar-refractivity contribution is 0.180. The Morgan fingerprint density at radius 3 is 1.85 bits per heavy atom.